The topological polar surface area (TPSA) is 44.4 Å². The monoisotopic (exact) mass is 333 g/mol. The molecule has 0 bridgehead atoms. The van der Waals surface area contributed by atoms with Crippen molar-refractivity contribution in [1.82, 2.24) is 10.4 Å². The fourth-order valence-electron chi connectivity index (χ4n) is 3.75. The van der Waals surface area contributed by atoms with E-state index in [2.05, 4.69) is 10.7 Å². The summed E-state index contributed by atoms with van der Waals surface area (Å²) >= 11 is 0. The lowest BCUT2D eigenvalue weighted by molar-refractivity contribution is -0.113. The van der Waals surface area contributed by atoms with Crippen molar-refractivity contribution >= 4 is 11.6 Å². The van der Waals surface area contributed by atoms with Crippen molar-refractivity contribution in [1.29, 1.82) is 0 Å². The highest BCUT2D eigenvalue weighted by Gasteiger charge is 2.48. The van der Waals surface area contributed by atoms with E-state index in [9.17, 15) is 13.6 Å². The molecule has 1 aliphatic heterocycles. The van der Waals surface area contributed by atoms with Crippen molar-refractivity contribution in [2.24, 2.45) is 11.8 Å². The van der Waals surface area contributed by atoms with E-state index in [4.69, 9.17) is 0 Å². The number of anilines is 1. The smallest absolute Gasteiger partial charge is 0.259 e. The number of amides is 1. The number of para-hydroxylation sites is 1. The lowest BCUT2D eigenvalue weighted by atomic mass is 10.0. The first-order valence-corrected chi connectivity index (χ1v) is 8.43. The number of nitrogens with one attached hydrogen (secondary N) is 2. The maximum absolute atomic E-state index is 13.1. The number of carbonyl (C=O) groups is 1. The van der Waals surface area contributed by atoms with Crippen LogP contribution in [0.15, 0.2) is 36.0 Å². The van der Waals surface area contributed by atoms with Crippen LogP contribution in [-0.2, 0) is 4.79 Å². The van der Waals surface area contributed by atoms with Gasteiger partial charge in [-0.05, 0) is 48.6 Å². The molecule has 2 saturated carbocycles. The molecule has 6 heteroatoms. The largest absolute Gasteiger partial charge is 0.322 e. The summed E-state index contributed by atoms with van der Waals surface area (Å²) in [4.78, 5) is 12.5. The third-order valence-corrected chi connectivity index (χ3v) is 5.20. The van der Waals surface area contributed by atoms with Gasteiger partial charge in [-0.15, -0.1) is 0 Å². The summed E-state index contributed by atoms with van der Waals surface area (Å²) in [6, 6.07) is 6.48. The molecule has 4 nitrogen and oxygen atoms in total. The number of alkyl halides is 2. The maximum Gasteiger partial charge on any atom is 0.259 e. The predicted octanol–water partition coefficient (Wildman–Crippen LogP) is 3.11. The summed E-state index contributed by atoms with van der Waals surface area (Å²) in [6.45, 7) is 0. The fraction of sp³-hybridized carbons (Fsp3) is 0.500. The van der Waals surface area contributed by atoms with E-state index < -0.39 is 18.4 Å². The van der Waals surface area contributed by atoms with Gasteiger partial charge in [0.1, 0.15) is 6.04 Å². The Morgan fingerprint density at radius 2 is 2.08 bits per heavy atom. The van der Waals surface area contributed by atoms with E-state index in [1.807, 2.05) is 24.3 Å². The highest BCUT2D eigenvalue weighted by molar-refractivity contribution is 6.05. The number of benzene rings is 1. The molecule has 2 N–H and O–H groups in total. The third-order valence-electron chi connectivity index (χ3n) is 5.20. The molecule has 2 aliphatic carbocycles. The lowest BCUT2D eigenvalue weighted by Crippen LogP contribution is -2.40. The van der Waals surface area contributed by atoms with Crippen molar-refractivity contribution in [3.8, 4) is 0 Å². The molecule has 3 unspecified atom stereocenters. The van der Waals surface area contributed by atoms with Crippen LogP contribution in [0.2, 0.25) is 0 Å². The van der Waals surface area contributed by atoms with Gasteiger partial charge < -0.3 is 10.3 Å². The number of nitrogens with zero attached hydrogens (tertiary/aromatic N) is 1. The van der Waals surface area contributed by atoms with Crippen molar-refractivity contribution in [3.05, 3.63) is 41.6 Å². The number of hydrazine groups is 1. The number of rotatable bonds is 5. The summed E-state index contributed by atoms with van der Waals surface area (Å²) in [7, 11) is 1.61. The van der Waals surface area contributed by atoms with Gasteiger partial charge in [0.2, 0.25) is 0 Å². The first-order chi connectivity index (χ1) is 11.5. The molecule has 0 spiro atoms. The van der Waals surface area contributed by atoms with Crippen molar-refractivity contribution in [2.45, 2.75) is 37.6 Å². The van der Waals surface area contributed by atoms with E-state index in [1.54, 1.807) is 7.05 Å². The highest BCUT2D eigenvalue weighted by atomic mass is 19.3. The molecule has 128 valence electrons. The average Bonchev–Trinajstić information content (AvgIpc) is 3.44. The zero-order chi connectivity index (χ0) is 16.8. The first-order valence-electron chi connectivity index (χ1n) is 8.43. The molecule has 0 saturated heterocycles. The molecule has 1 amide bonds. The number of halogens is 2. The van der Waals surface area contributed by atoms with Gasteiger partial charge in [-0.2, -0.15) is 0 Å². The zero-order valence-corrected chi connectivity index (χ0v) is 13.5. The van der Waals surface area contributed by atoms with Crippen LogP contribution >= 0.6 is 0 Å². The van der Waals surface area contributed by atoms with Gasteiger partial charge in [-0.3, -0.25) is 4.79 Å². The van der Waals surface area contributed by atoms with Gasteiger partial charge in [0.25, 0.3) is 12.3 Å². The SMILES string of the molecule is CN1C=C(C(=O)Nc2ccccc2C2CC2C2CC2)C(C(F)F)N1. The Hall–Kier alpha value is -1.95. The van der Waals surface area contributed by atoms with E-state index in [0.29, 0.717) is 5.92 Å². The third kappa shape index (κ3) is 2.90. The molecule has 1 heterocycles. The summed E-state index contributed by atoms with van der Waals surface area (Å²) in [5.41, 5.74) is 4.53. The van der Waals surface area contributed by atoms with Crippen LogP contribution < -0.4 is 10.7 Å². The highest BCUT2D eigenvalue weighted by Crippen LogP contribution is 2.60. The second kappa shape index (κ2) is 5.84. The summed E-state index contributed by atoms with van der Waals surface area (Å²) < 4.78 is 26.2. The Balaban J connectivity index is 1.51. The van der Waals surface area contributed by atoms with Crippen molar-refractivity contribution < 1.29 is 13.6 Å². The standard InChI is InChI=1S/C18H21F2N3O/c1-23-9-14(16(22-23)17(19)20)18(24)21-15-5-3-2-4-11(15)13-8-12(13)10-6-7-10/h2-5,9-10,12-13,16-17,22H,6-8H2,1H3,(H,21,24). The minimum atomic E-state index is -2.63. The first kappa shape index (κ1) is 15.6. The van der Waals surface area contributed by atoms with E-state index in [1.165, 1.54) is 30.5 Å². The van der Waals surface area contributed by atoms with Gasteiger partial charge in [0.15, 0.2) is 0 Å². The Labute approximate surface area is 139 Å². The number of hydrogen-bond donors (Lipinski definition) is 2. The zero-order valence-electron chi connectivity index (χ0n) is 13.5. The van der Waals surface area contributed by atoms with Crippen LogP contribution in [0.1, 0.15) is 30.7 Å². The minimum Gasteiger partial charge on any atom is -0.322 e. The van der Waals surface area contributed by atoms with Crippen molar-refractivity contribution in [2.75, 3.05) is 12.4 Å². The van der Waals surface area contributed by atoms with E-state index in [-0.39, 0.29) is 5.57 Å². The Morgan fingerprint density at radius 1 is 1.33 bits per heavy atom. The van der Waals surface area contributed by atoms with E-state index >= 15 is 0 Å². The van der Waals surface area contributed by atoms with Crippen LogP contribution in [0.5, 0.6) is 0 Å². The van der Waals surface area contributed by atoms with E-state index in [0.717, 1.165) is 23.1 Å². The van der Waals surface area contributed by atoms with Gasteiger partial charge in [-0.1, -0.05) is 18.2 Å². The minimum absolute atomic E-state index is 0.0665. The second-order valence-electron chi connectivity index (χ2n) is 7.02. The Morgan fingerprint density at radius 3 is 2.79 bits per heavy atom. The van der Waals surface area contributed by atoms with Crippen molar-refractivity contribution in [3.63, 3.8) is 0 Å². The van der Waals surface area contributed by atoms with Gasteiger partial charge >= 0.3 is 0 Å². The molecule has 0 radical (unpaired) electrons. The van der Waals surface area contributed by atoms with Crippen LogP contribution in [-0.4, -0.2) is 30.4 Å². The van der Waals surface area contributed by atoms with Gasteiger partial charge in [0, 0.05) is 18.9 Å². The second-order valence-corrected chi connectivity index (χ2v) is 7.02. The van der Waals surface area contributed by atoms with Crippen LogP contribution in [0.3, 0.4) is 0 Å². The lowest BCUT2D eigenvalue weighted by Gasteiger charge is -2.16. The fourth-order valence-corrected chi connectivity index (χ4v) is 3.75. The summed E-state index contributed by atoms with van der Waals surface area (Å²) in [5.74, 6) is 1.61. The summed E-state index contributed by atoms with van der Waals surface area (Å²) in [5, 5.41) is 4.26. The Bertz CT molecular complexity index is 687. The molecule has 3 atom stereocenters. The molecular formula is C18H21F2N3O. The van der Waals surface area contributed by atoms with Gasteiger partial charge in [0.05, 0.1) is 5.57 Å². The molecule has 1 aromatic carbocycles. The van der Waals surface area contributed by atoms with Crippen LogP contribution in [0, 0.1) is 11.8 Å². The molecule has 3 aliphatic rings. The predicted molar refractivity (Wildman–Crippen MR) is 87.4 cm³/mol. The molecule has 2 fully saturated rings. The molecule has 1 aromatic rings. The normalized spacial score (nSPS) is 28.9. The van der Waals surface area contributed by atoms with Crippen LogP contribution in [0.25, 0.3) is 0 Å². The molecule has 4 rings (SSSR count). The number of hydrogen-bond acceptors (Lipinski definition) is 3. The van der Waals surface area contributed by atoms with Crippen LogP contribution in [0.4, 0.5) is 14.5 Å². The molecule has 24 heavy (non-hydrogen) atoms. The Kier molecular flexibility index (Phi) is 3.79. The summed E-state index contributed by atoms with van der Waals surface area (Å²) in [6.07, 6.45) is 2.60. The average molecular weight is 333 g/mol. The van der Waals surface area contributed by atoms with Gasteiger partial charge in [-0.25, -0.2) is 14.2 Å². The molecule has 0 aromatic heterocycles. The maximum atomic E-state index is 13.1. The molecular weight excluding hydrogens is 312 g/mol. The number of carbonyl (C=O) groups excluding carboxylic acids is 1. The quantitative estimate of drug-likeness (QED) is 0.870.